The summed E-state index contributed by atoms with van der Waals surface area (Å²) in [4.78, 5) is 20.6. The van der Waals surface area contributed by atoms with Crippen molar-refractivity contribution in [2.75, 3.05) is 12.8 Å². The van der Waals surface area contributed by atoms with E-state index in [-0.39, 0.29) is 5.91 Å². The Morgan fingerprint density at radius 2 is 1.92 bits per heavy atom. The summed E-state index contributed by atoms with van der Waals surface area (Å²) in [6.07, 6.45) is 3.21. The molecule has 0 aliphatic heterocycles. The average Bonchev–Trinajstić information content (AvgIpc) is 3.01. The maximum atomic E-state index is 12.1. The SMILES string of the molecule is CS(=O)c1ccc(C(=O)NCCCc2nc3ccccc3[nH]2)cc1. The van der Waals surface area contributed by atoms with Crippen LogP contribution in [0.5, 0.6) is 0 Å². The second-order valence-corrected chi connectivity index (χ2v) is 6.92. The van der Waals surface area contributed by atoms with E-state index in [9.17, 15) is 9.00 Å². The van der Waals surface area contributed by atoms with Gasteiger partial charge in [0.1, 0.15) is 5.82 Å². The molecule has 124 valence electrons. The molecule has 1 heterocycles. The molecular formula is C18H19N3O2S. The van der Waals surface area contributed by atoms with Crippen LogP contribution >= 0.6 is 0 Å². The number of para-hydroxylation sites is 2. The Kier molecular flexibility index (Phi) is 5.05. The zero-order valence-corrected chi connectivity index (χ0v) is 14.2. The highest BCUT2D eigenvalue weighted by atomic mass is 32.2. The summed E-state index contributed by atoms with van der Waals surface area (Å²) in [5, 5.41) is 2.90. The highest BCUT2D eigenvalue weighted by Crippen LogP contribution is 2.11. The minimum atomic E-state index is -1.03. The number of rotatable bonds is 6. The van der Waals surface area contributed by atoms with Gasteiger partial charge in [-0.3, -0.25) is 9.00 Å². The van der Waals surface area contributed by atoms with Gasteiger partial charge in [0.05, 0.1) is 11.0 Å². The number of carbonyl (C=O) groups is 1. The fourth-order valence-electron chi connectivity index (χ4n) is 2.48. The third-order valence-electron chi connectivity index (χ3n) is 3.76. The molecule has 2 aromatic carbocycles. The van der Waals surface area contributed by atoms with E-state index in [0.717, 1.165) is 34.6 Å². The molecule has 0 saturated heterocycles. The molecule has 0 aliphatic carbocycles. The maximum Gasteiger partial charge on any atom is 0.251 e. The largest absolute Gasteiger partial charge is 0.352 e. The maximum absolute atomic E-state index is 12.1. The van der Waals surface area contributed by atoms with E-state index < -0.39 is 10.8 Å². The molecule has 0 fully saturated rings. The summed E-state index contributed by atoms with van der Waals surface area (Å²) in [5.41, 5.74) is 2.57. The second kappa shape index (κ2) is 7.40. The van der Waals surface area contributed by atoms with Crippen molar-refractivity contribution in [3.05, 3.63) is 59.9 Å². The Labute approximate surface area is 143 Å². The molecule has 0 bridgehead atoms. The number of imidazole rings is 1. The molecule has 6 heteroatoms. The van der Waals surface area contributed by atoms with Crippen LogP contribution in [0.1, 0.15) is 22.6 Å². The van der Waals surface area contributed by atoms with Gasteiger partial charge in [-0.2, -0.15) is 0 Å². The van der Waals surface area contributed by atoms with Crippen LogP contribution in [0.15, 0.2) is 53.4 Å². The van der Waals surface area contributed by atoms with Gasteiger partial charge in [0.25, 0.3) is 5.91 Å². The van der Waals surface area contributed by atoms with E-state index in [1.54, 1.807) is 30.5 Å². The molecule has 0 radical (unpaired) electrons. The molecule has 0 spiro atoms. The van der Waals surface area contributed by atoms with Crippen molar-refractivity contribution < 1.29 is 9.00 Å². The second-order valence-electron chi connectivity index (χ2n) is 5.54. The minimum Gasteiger partial charge on any atom is -0.352 e. The van der Waals surface area contributed by atoms with Crippen LogP contribution < -0.4 is 5.32 Å². The Hall–Kier alpha value is -2.47. The molecule has 1 aromatic heterocycles. The number of aromatic amines is 1. The van der Waals surface area contributed by atoms with Crippen LogP contribution in [0.3, 0.4) is 0 Å². The van der Waals surface area contributed by atoms with Crippen molar-refractivity contribution in [1.82, 2.24) is 15.3 Å². The molecule has 3 aromatic rings. The number of nitrogens with one attached hydrogen (secondary N) is 2. The number of amides is 1. The topological polar surface area (TPSA) is 74.8 Å². The van der Waals surface area contributed by atoms with Crippen LogP contribution in [-0.2, 0) is 17.2 Å². The molecule has 0 aliphatic rings. The number of H-pyrrole nitrogens is 1. The van der Waals surface area contributed by atoms with E-state index in [4.69, 9.17) is 0 Å². The number of nitrogens with zero attached hydrogens (tertiary/aromatic N) is 1. The van der Waals surface area contributed by atoms with Crippen LogP contribution in [0.2, 0.25) is 0 Å². The number of hydrogen-bond acceptors (Lipinski definition) is 3. The predicted molar refractivity (Wildman–Crippen MR) is 95.5 cm³/mol. The van der Waals surface area contributed by atoms with Gasteiger partial charge >= 0.3 is 0 Å². The van der Waals surface area contributed by atoms with E-state index in [1.807, 2.05) is 24.3 Å². The molecule has 24 heavy (non-hydrogen) atoms. The van der Waals surface area contributed by atoms with Crippen molar-refractivity contribution in [3.63, 3.8) is 0 Å². The fraction of sp³-hybridized carbons (Fsp3) is 0.222. The first-order chi connectivity index (χ1) is 11.6. The minimum absolute atomic E-state index is 0.118. The first kappa shape index (κ1) is 16.4. The van der Waals surface area contributed by atoms with Gasteiger partial charge in [-0.15, -0.1) is 0 Å². The number of hydrogen-bond donors (Lipinski definition) is 2. The molecule has 0 saturated carbocycles. The van der Waals surface area contributed by atoms with Gasteiger partial charge in [-0.25, -0.2) is 4.98 Å². The van der Waals surface area contributed by atoms with E-state index in [0.29, 0.717) is 12.1 Å². The van der Waals surface area contributed by atoms with Crippen molar-refractivity contribution in [2.45, 2.75) is 17.7 Å². The summed E-state index contributed by atoms with van der Waals surface area (Å²) >= 11 is 0. The zero-order valence-electron chi connectivity index (χ0n) is 13.4. The van der Waals surface area contributed by atoms with Gasteiger partial charge in [0, 0.05) is 40.5 Å². The van der Waals surface area contributed by atoms with Crippen molar-refractivity contribution in [3.8, 4) is 0 Å². The van der Waals surface area contributed by atoms with E-state index in [2.05, 4.69) is 15.3 Å². The lowest BCUT2D eigenvalue weighted by atomic mass is 10.2. The summed E-state index contributed by atoms with van der Waals surface area (Å²) in [6, 6.07) is 14.8. The lowest BCUT2D eigenvalue weighted by Gasteiger charge is -2.05. The number of aryl methyl sites for hydroxylation is 1. The highest BCUT2D eigenvalue weighted by Gasteiger charge is 2.06. The van der Waals surface area contributed by atoms with Gasteiger partial charge < -0.3 is 10.3 Å². The average molecular weight is 341 g/mol. The smallest absolute Gasteiger partial charge is 0.251 e. The monoisotopic (exact) mass is 341 g/mol. The molecule has 3 rings (SSSR count). The standard InChI is InChI=1S/C18H19N3O2S/c1-24(23)14-10-8-13(9-11-14)18(22)19-12-4-7-17-20-15-5-2-3-6-16(15)21-17/h2-3,5-6,8-11H,4,7,12H2,1H3,(H,19,22)(H,20,21). The lowest BCUT2D eigenvalue weighted by Crippen LogP contribution is -2.24. The van der Waals surface area contributed by atoms with E-state index in [1.165, 1.54) is 0 Å². The Morgan fingerprint density at radius 1 is 1.17 bits per heavy atom. The van der Waals surface area contributed by atoms with E-state index >= 15 is 0 Å². The van der Waals surface area contributed by atoms with Crippen molar-refractivity contribution in [1.29, 1.82) is 0 Å². The number of benzene rings is 2. The van der Waals surface area contributed by atoms with Crippen LogP contribution in [0.25, 0.3) is 11.0 Å². The summed E-state index contributed by atoms with van der Waals surface area (Å²) in [6.45, 7) is 0.581. The Morgan fingerprint density at radius 3 is 2.62 bits per heavy atom. The number of aromatic nitrogens is 2. The highest BCUT2D eigenvalue weighted by molar-refractivity contribution is 7.84. The van der Waals surface area contributed by atoms with Gasteiger partial charge in [0.2, 0.25) is 0 Å². The third-order valence-corrected chi connectivity index (χ3v) is 4.70. The first-order valence-corrected chi connectivity index (χ1v) is 9.34. The normalized spacial score (nSPS) is 12.2. The first-order valence-electron chi connectivity index (χ1n) is 7.79. The quantitative estimate of drug-likeness (QED) is 0.677. The summed E-state index contributed by atoms with van der Waals surface area (Å²) < 4.78 is 11.3. The Bertz CT molecular complexity index is 838. The van der Waals surface area contributed by atoms with Crippen LogP contribution in [0.4, 0.5) is 0 Å². The zero-order chi connectivity index (χ0) is 16.9. The molecule has 1 unspecified atom stereocenters. The summed E-state index contributed by atoms with van der Waals surface area (Å²) in [5.74, 6) is 0.813. The fourth-order valence-corrected chi connectivity index (χ4v) is 3.00. The van der Waals surface area contributed by atoms with Crippen molar-refractivity contribution in [2.24, 2.45) is 0 Å². The van der Waals surface area contributed by atoms with Gasteiger partial charge in [0.15, 0.2) is 0 Å². The molecule has 2 N–H and O–H groups in total. The van der Waals surface area contributed by atoms with Crippen molar-refractivity contribution >= 4 is 27.7 Å². The summed E-state index contributed by atoms with van der Waals surface area (Å²) in [7, 11) is -1.03. The predicted octanol–water partition coefficient (Wildman–Crippen LogP) is 2.66. The number of fused-ring (bicyclic) bond motifs is 1. The molecule has 1 atom stereocenters. The van der Waals surface area contributed by atoms with Gasteiger partial charge in [-0.1, -0.05) is 12.1 Å². The molecule has 5 nitrogen and oxygen atoms in total. The van der Waals surface area contributed by atoms with Gasteiger partial charge in [-0.05, 0) is 42.8 Å². The lowest BCUT2D eigenvalue weighted by molar-refractivity contribution is 0.0953. The van der Waals surface area contributed by atoms with Crippen LogP contribution in [0, 0.1) is 0 Å². The number of carbonyl (C=O) groups excluding carboxylic acids is 1. The third kappa shape index (κ3) is 3.89. The molecule has 1 amide bonds. The van der Waals surface area contributed by atoms with Crippen LogP contribution in [-0.4, -0.2) is 32.9 Å². The Balaban J connectivity index is 1.48. The molecular weight excluding hydrogens is 322 g/mol.